The van der Waals surface area contributed by atoms with E-state index >= 15 is 0 Å². The Hall–Kier alpha value is -1.30. The van der Waals surface area contributed by atoms with Crippen LogP contribution in [-0.4, -0.2) is 0 Å². The third-order valence-electron chi connectivity index (χ3n) is 2.62. The minimum atomic E-state index is 0.225. The van der Waals surface area contributed by atoms with Gasteiger partial charge in [0.15, 0.2) is 0 Å². The van der Waals surface area contributed by atoms with E-state index in [2.05, 4.69) is 57.7 Å². The lowest BCUT2D eigenvalue weighted by Crippen LogP contribution is -2.10. The van der Waals surface area contributed by atoms with Gasteiger partial charge in [-0.05, 0) is 29.0 Å². The molecule has 15 heavy (non-hydrogen) atoms. The van der Waals surface area contributed by atoms with E-state index in [4.69, 9.17) is 0 Å². The van der Waals surface area contributed by atoms with Crippen LogP contribution in [0.5, 0.6) is 0 Å². The number of hydrogen-bond donors (Lipinski definition) is 0. The van der Waals surface area contributed by atoms with Crippen molar-refractivity contribution in [1.82, 2.24) is 0 Å². The normalized spacial score (nSPS) is 12.7. The zero-order valence-electron chi connectivity index (χ0n) is 10.2. The van der Waals surface area contributed by atoms with E-state index in [9.17, 15) is 0 Å². The summed E-state index contributed by atoms with van der Waals surface area (Å²) in [7, 11) is 0. The lowest BCUT2D eigenvalue weighted by Gasteiger charge is -2.19. The molecule has 0 aliphatic carbocycles. The van der Waals surface area contributed by atoms with Gasteiger partial charge in [-0.2, -0.15) is 0 Å². The SMILES string of the molecule is C=C/C(=C\C)c1ccc(C(C)(C)C)cc1. The first-order valence-electron chi connectivity index (χ1n) is 5.38. The summed E-state index contributed by atoms with van der Waals surface area (Å²) in [5, 5.41) is 0. The highest BCUT2D eigenvalue weighted by Gasteiger charge is 2.12. The average molecular weight is 200 g/mol. The summed E-state index contributed by atoms with van der Waals surface area (Å²) in [6.07, 6.45) is 3.98. The molecule has 0 amide bonds. The molecule has 0 aliphatic heterocycles. The van der Waals surface area contributed by atoms with Gasteiger partial charge in [-0.3, -0.25) is 0 Å². The van der Waals surface area contributed by atoms with E-state index in [1.165, 1.54) is 16.7 Å². The maximum atomic E-state index is 3.81. The molecule has 1 aromatic rings. The van der Waals surface area contributed by atoms with Gasteiger partial charge in [0, 0.05) is 0 Å². The molecule has 0 unspecified atom stereocenters. The van der Waals surface area contributed by atoms with Gasteiger partial charge < -0.3 is 0 Å². The third-order valence-corrected chi connectivity index (χ3v) is 2.62. The van der Waals surface area contributed by atoms with Gasteiger partial charge in [0.1, 0.15) is 0 Å². The third kappa shape index (κ3) is 2.82. The summed E-state index contributed by atoms with van der Waals surface area (Å²) in [4.78, 5) is 0. The van der Waals surface area contributed by atoms with E-state index in [1.54, 1.807) is 0 Å². The highest BCUT2D eigenvalue weighted by molar-refractivity contribution is 5.73. The summed E-state index contributed by atoms with van der Waals surface area (Å²) < 4.78 is 0. The van der Waals surface area contributed by atoms with Crippen LogP contribution in [0.2, 0.25) is 0 Å². The van der Waals surface area contributed by atoms with Crippen molar-refractivity contribution in [3.63, 3.8) is 0 Å². The van der Waals surface area contributed by atoms with Gasteiger partial charge >= 0.3 is 0 Å². The second-order valence-electron chi connectivity index (χ2n) is 4.78. The van der Waals surface area contributed by atoms with Crippen molar-refractivity contribution in [2.24, 2.45) is 0 Å². The zero-order chi connectivity index (χ0) is 11.5. The molecule has 0 spiro atoms. The van der Waals surface area contributed by atoms with Crippen LogP contribution in [0.25, 0.3) is 5.57 Å². The van der Waals surface area contributed by atoms with Crippen molar-refractivity contribution >= 4 is 5.57 Å². The maximum absolute atomic E-state index is 3.81. The minimum absolute atomic E-state index is 0.225. The first kappa shape index (κ1) is 11.8. The number of benzene rings is 1. The molecule has 0 saturated carbocycles. The van der Waals surface area contributed by atoms with Crippen molar-refractivity contribution < 1.29 is 0 Å². The average Bonchev–Trinajstić information content (AvgIpc) is 2.19. The summed E-state index contributed by atoms with van der Waals surface area (Å²) in [5.41, 5.74) is 4.02. The maximum Gasteiger partial charge on any atom is -0.0132 e. The molecule has 0 heterocycles. The molecule has 1 rings (SSSR count). The second kappa shape index (κ2) is 4.48. The van der Waals surface area contributed by atoms with Crippen LogP contribution in [0.4, 0.5) is 0 Å². The van der Waals surface area contributed by atoms with Crippen molar-refractivity contribution in [3.8, 4) is 0 Å². The molecular formula is C15H20. The molecule has 0 radical (unpaired) electrons. The van der Waals surface area contributed by atoms with E-state index in [0.717, 1.165) is 0 Å². The molecule has 0 aliphatic rings. The Bertz CT molecular complexity index is 358. The first-order chi connectivity index (χ1) is 6.99. The Morgan fingerprint density at radius 1 is 1.13 bits per heavy atom. The van der Waals surface area contributed by atoms with Crippen molar-refractivity contribution in [3.05, 3.63) is 54.1 Å². The molecule has 0 heteroatoms. The summed E-state index contributed by atoms with van der Waals surface area (Å²) in [5.74, 6) is 0. The first-order valence-corrected chi connectivity index (χ1v) is 5.38. The Morgan fingerprint density at radius 3 is 2.00 bits per heavy atom. The van der Waals surface area contributed by atoms with Crippen molar-refractivity contribution in [2.75, 3.05) is 0 Å². The van der Waals surface area contributed by atoms with Crippen molar-refractivity contribution in [1.29, 1.82) is 0 Å². The molecule has 0 saturated heterocycles. The molecule has 0 atom stereocenters. The molecule has 0 nitrogen and oxygen atoms in total. The molecule has 1 aromatic carbocycles. The van der Waals surface area contributed by atoms with Crippen LogP contribution in [-0.2, 0) is 5.41 Å². The minimum Gasteiger partial charge on any atom is -0.0985 e. The van der Waals surface area contributed by atoms with Gasteiger partial charge in [0.05, 0.1) is 0 Å². The summed E-state index contributed by atoms with van der Waals surface area (Å²) >= 11 is 0. The van der Waals surface area contributed by atoms with Gasteiger partial charge in [-0.15, -0.1) is 0 Å². The van der Waals surface area contributed by atoms with Crippen LogP contribution >= 0.6 is 0 Å². The fourth-order valence-electron chi connectivity index (χ4n) is 1.57. The largest absolute Gasteiger partial charge is 0.0985 e. The highest BCUT2D eigenvalue weighted by Crippen LogP contribution is 2.24. The van der Waals surface area contributed by atoms with Crippen molar-refractivity contribution in [2.45, 2.75) is 33.1 Å². The van der Waals surface area contributed by atoms with Gasteiger partial charge in [-0.1, -0.05) is 63.8 Å². The van der Waals surface area contributed by atoms with Crippen LogP contribution in [0.1, 0.15) is 38.8 Å². The van der Waals surface area contributed by atoms with E-state index in [0.29, 0.717) is 0 Å². The molecular weight excluding hydrogens is 180 g/mol. The topological polar surface area (TPSA) is 0 Å². The smallest absolute Gasteiger partial charge is 0.0132 e. The number of rotatable bonds is 2. The lowest BCUT2D eigenvalue weighted by molar-refractivity contribution is 0.590. The lowest BCUT2D eigenvalue weighted by atomic mass is 9.86. The molecule has 0 N–H and O–H groups in total. The fraction of sp³-hybridized carbons (Fsp3) is 0.333. The molecule has 0 aromatic heterocycles. The van der Waals surface area contributed by atoms with Crippen LogP contribution < -0.4 is 0 Å². The number of allylic oxidation sites excluding steroid dienone is 3. The van der Waals surface area contributed by atoms with Crippen LogP contribution in [0.15, 0.2) is 43.0 Å². The standard InChI is InChI=1S/C15H20/c1-6-12(7-2)13-8-10-14(11-9-13)15(3,4)5/h6-11H,1H2,2-5H3/b12-7+. The Labute approximate surface area is 93.3 Å². The molecule has 0 bridgehead atoms. The monoisotopic (exact) mass is 200 g/mol. The van der Waals surface area contributed by atoms with Gasteiger partial charge in [0.25, 0.3) is 0 Å². The quantitative estimate of drug-likeness (QED) is 0.613. The predicted octanol–water partition coefficient (Wildman–Crippen LogP) is 4.57. The van der Waals surface area contributed by atoms with Gasteiger partial charge in [-0.25, -0.2) is 0 Å². The second-order valence-corrected chi connectivity index (χ2v) is 4.78. The summed E-state index contributed by atoms with van der Waals surface area (Å²) in [6, 6.07) is 8.72. The van der Waals surface area contributed by atoms with Crippen LogP contribution in [0.3, 0.4) is 0 Å². The van der Waals surface area contributed by atoms with E-state index < -0.39 is 0 Å². The highest BCUT2D eigenvalue weighted by atomic mass is 14.2. The Kier molecular flexibility index (Phi) is 3.52. The Morgan fingerprint density at radius 2 is 1.67 bits per heavy atom. The molecule has 80 valence electrons. The van der Waals surface area contributed by atoms with E-state index in [1.807, 2.05) is 13.0 Å². The molecule has 0 fully saturated rings. The fourth-order valence-corrected chi connectivity index (χ4v) is 1.57. The predicted molar refractivity (Wildman–Crippen MR) is 69.0 cm³/mol. The van der Waals surface area contributed by atoms with Crippen LogP contribution in [0, 0.1) is 0 Å². The number of hydrogen-bond acceptors (Lipinski definition) is 0. The zero-order valence-corrected chi connectivity index (χ0v) is 10.2. The van der Waals surface area contributed by atoms with E-state index in [-0.39, 0.29) is 5.41 Å². The Balaban J connectivity index is 3.05. The van der Waals surface area contributed by atoms with Gasteiger partial charge in [0.2, 0.25) is 0 Å². The summed E-state index contributed by atoms with van der Waals surface area (Å²) in [6.45, 7) is 12.5.